The Balaban J connectivity index is 1.87. The van der Waals surface area contributed by atoms with E-state index < -0.39 is 11.9 Å². The summed E-state index contributed by atoms with van der Waals surface area (Å²) in [6, 6.07) is 18.3. The van der Waals surface area contributed by atoms with Crippen molar-refractivity contribution in [2.45, 2.75) is 6.61 Å². The molecule has 0 aliphatic heterocycles. The zero-order chi connectivity index (χ0) is 20.8. The van der Waals surface area contributed by atoms with Crippen LogP contribution < -0.4 is 14.8 Å². The molecule has 3 aromatic rings. The molecule has 0 aliphatic rings. The van der Waals surface area contributed by atoms with Gasteiger partial charge in [0.25, 0.3) is 5.91 Å². The van der Waals surface area contributed by atoms with E-state index in [2.05, 4.69) is 5.32 Å². The fourth-order valence-corrected chi connectivity index (χ4v) is 2.89. The van der Waals surface area contributed by atoms with Gasteiger partial charge in [-0.1, -0.05) is 41.9 Å². The average molecular weight is 412 g/mol. The minimum Gasteiger partial charge on any atom is -0.497 e. The van der Waals surface area contributed by atoms with Crippen molar-refractivity contribution in [2.75, 3.05) is 12.4 Å². The van der Waals surface area contributed by atoms with E-state index in [4.69, 9.17) is 21.1 Å². The molecule has 0 aliphatic carbocycles. The minimum absolute atomic E-state index is 0.0597. The van der Waals surface area contributed by atoms with Gasteiger partial charge < -0.3 is 19.9 Å². The van der Waals surface area contributed by atoms with Gasteiger partial charge in [0, 0.05) is 0 Å². The van der Waals surface area contributed by atoms with Crippen LogP contribution in [0.3, 0.4) is 0 Å². The van der Waals surface area contributed by atoms with E-state index >= 15 is 0 Å². The number of ether oxygens (including phenoxy) is 2. The van der Waals surface area contributed by atoms with Crippen LogP contribution in [-0.2, 0) is 6.61 Å². The highest BCUT2D eigenvalue weighted by Crippen LogP contribution is 2.31. The third-order valence-corrected chi connectivity index (χ3v) is 4.48. The second kappa shape index (κ2) is 9.12. The topological polar surface area (TPSA) is 84.9 Å². The van der Waals surface area contributed by atoms with Crippen molar-refractivity contribution >= 4 is 29.2 Å². The molecule has 0 atom stereocenters. The van der Waals surface area contributed by atoms with Crippen molar-refractivity contribution in [2.24, 2.45) is 0 Å². The van der Waals surface area contributed by atoms with E-state index in [1.807, 2.05) is 12.1 Å². The van der Waals surface area contributed by atoms with Crippen LogP contribution in [0.1, 0.15) is 26.3 Å². The number of methoxy groups -OCH3 is 1. The van der Waals surface area contributed by atoms with Gasteiger partial charge >= 0.3 is 5.97 Å². The first-order chi connectivity index (χ1) is 14.0. The molecule has 0 heterocycles. The molecule has 3 rings (SSSR count). The molecule has 2 N–H and O–H groups in total. The van der Waals surface area contributed by atoms with E-state index in [9.17, 15) is 14.7 Å². The maximum Gasteiger partial charge on any atom is 0.339 e. The van der Waals surface area contributed by atoms with Crippen molar-refractivity contribution in [1.82, 2.24) is 0 Å². The van der Waals surface area contributed by atoms with E-state index in [1.54, 1.807) is 49.6 Å². The van der Waals surface area contributed by atoms with Gasteiger partial charge in [-0.2, -0.15) is 0 Å². The van der Waals surface area contributed by atoms with Crippen molar-refractivity contribution in [3.8, 4) is 11.5 Å². The Bertz CT molecular complexity index is 1030. The zero-order valence-electron chi connectivity index (χ0n) is 15.5. The number of aromatic carboxylic acids is 1. The van der Waals surface area contributed by atoms with Gasteiger partial charge in [-0.05, 0) is 42.0 Å². The molecule has 0 unspecified atom stereocenters. The number of carboxylic acids is 1. The fourth-order valence-electron chi connectivity index (χ4n) is 2.67. The fraction of sp³-hybridized carbons (Fsp3) is 0.0909. The Morgan fingerprint density at radius 1 is 0.966 bits per heavy atom. The summed E-state index contributed by atoms with van der Waals surface area (Å²) in [6.07, 6.45) is 0. The van der Waals surface area contributed by atoms with Crippen molar-refractivity contribution in [1.29, 1.82) is 0 Å². The van der Waals surface area contributed by atoms with Gasteiger partial charge in [0.1, 0.15) is 17.9 Å². The Morgan fingerprint density at radius 3 is 2.31 bits per heavy atom. The summed E-state index contributed by atoms with van der Waals surface area (Å²) in [5.41, 5.74) is 1.27. The molecule has 6 nitrogen and oxygen atoms in total. The summed E-state index contributed by atoms with van der Waals surface area (Å²) >= 11 is 6.08. The lowest BCUT2D eigenvalue weighted by molar-refractivity contribution is 0.0691. The van der Waals surface area contributed by atoms with Crippen LogP contribution in [0.25, 0.3) is 0 Å². The summed E-state index contributed by atoms with van der Waals surface area (Å²) in [4.78, 5) is 24.2. The molecule has 0 fully saturated rings. The largest absolute Gasteiger partial charge is 0.497 e. The first kappa shape index (κ1) is 20.2. The first-order valence-corrected chi connectivity index (χ1v) is 9.05. The summed E-state index contributed by atoms with van der Waals surface area (Å²) < 4.78 is 10.9. The molecule has 0 aromatic heterocycles. The molecule has 0 spiro atoms. The molecule has 0 saturated carbocycles. The number of nitrogens with one attached hydrogen (secondary N) is 1. The number of halogens is 1. The Hall–Kier alpha value is -3.51. The normalized spacial score (nSPS) is 10.3. The molecule has 0 bridgehead atoms. The highest BCUT2D eigenvalue weighted by molar-refractivity contribution is 6.34. The van der Waals surface area contributed by atoms with Crippen molar-refractivity contribution in [3.63, 3.8) is 0 Å². The van der Waals surface area contributed by atoms with Gasteiger partial charge in [-0.3, -0.25) is 4.79 Å². The number of benzene rings is 3. The van der Waals surface area contributed by atoms with E-state index in [-0.39, 0.29) is 29.2 Å². The van der Waals surface area contributed by atoms with Crippen molar-refractivity contribution in [3.05, 3.63) is 88.4 Å². The highest BCUT2D eigenvalue weighted by Gasteiger charge is 2.19. The number of hydrogen-bond acceptors (Lipinski definition) is 4. The number of carbonyl (C=O) groups is 2. The van der Waals surface area contributed by atoms with Gasteiger partial charge in [-0.15, -0.1) is 0 Å². The molecule has 0 saturated heterocycles. The lowest BCUT2D eigenvalue weighted by Gasteiger charge is -2.15. The molecule has 148 valence electrons. The Kier molecular flexibility index (Phi) is 6.36. The lowest BCUT2D eigenvalue weighted by Crippen LogP contribution is -2.15. The number of carboxylic acid groups (broad SMARTS) is 1. The summed E-state index contributed by atoms with van der Waals surface area (Å²) in [5, 5.41) is 12.5. The van der Waals surface area contributed by atoms with Crippen LogP contribution in [0.5, 0.6) is 11.5 Å². The highest BCUT2D eigenvalue weighted by atomic mass is 35.5. The summed E-state index contributed by atoms with van der Waals surface area (Å²) in [6.45, 7) is 0.114. The standard InChI is InChI=1S/C22H18ClNO5/c1-28-15-11-9-14(10-12-15)13-29-20-17(22(26)27)6-4-8-19(20)24-21(25)16-5-2-3-7-18(16)23/h2-12H,13H2,1H3,(H,24,25)(H,26,27). The minimum atomic E-state index is -1.16. The predicted molar refractivity (Wildman–Crippen MR) is 110 cm³/mol. The number of rotatable bonds is 7. The van der Waals surface area contributed by atoms with E-state index in [1.165, 1.54) is 12.1 Å². The second-order valence-electron chi connectivity index (χ2n) is 6.06. The Morgan fingerprint density at radius 2 is 1.66 bits per heavy atom. The number of carbonyl (C=O) groups excluding carboxylic acids is 1. The molecular weight excluding hydrogens is 394 g/mol. The lowest BCUT2D eigenvalue weighted by atomic mass is 10.1. The molecule has 1 amide bonds. The van der Waals surface area contributed by atoms with Crippen LogP contribution in [0.2, 0.25) is 5.02 Å². The zero-order valence-corrected chi connectivity index (χ0v) is 16.3. The molecule has 0 radical (unpaired) electrons. The predicted octanol–water partition coefficient (Wildman–Crippen LogP) is 4.88. The van der Waals surface area contributed by atoms with Crippen LogP contribution in [0.15, 0.2) is 66.7 Å². The van der Waals surface area contributed by atoms with Gasteiger partial charge in [0.2, 0.25) is 0 Å². The quantitative estimate of drug-likeness (QED) is 0.579. The molecular formula is C22H18ClNO5. The third-order valence-electron chi connectivity index (χ3n) is 4.15. The molecule has 3 aromatic carbocycles. The van der Waals surface area contributed by atoms with Crippen LogP contribution in [-0.4, -0.2) is 24.1 Å². The summed E-state index contributed by atoms with van der Waals surface area (Å²) in [5.74, 6) is -0.861. The van der Waals surface area contributed by atoms with Gasteiger partial charge in [0.05, 0.1) is 23.4 Å². The molecule has 29 heavy (non-hydrogen) atoms. The van der Waals surface area contributed by atoms with E-state index in [0.717, 1.165) is 5.56 Å². The number of para-hydroxylation sites is 1. The van der Waals surface area contributed by atoms with Crippen LogP contribution in [0.4, 0.5) is 5.69 Å². The summed E-state index contributed by atoms with van der Waals surface area (Å²) in [7, 11) is 1.57. The van der Waals surface area contributed by atoms with Gasteiger partial charge in [0.15, 0.2) is 5.75 Å². The van der Waals surface area contributed by atoms with Crippen molar-refractivity contribution < 1.29 is 24.2 Å². The second-order valence-corrected chi connectivity index (χ2v) is 6.47. The van der Waals surface area contributed by atoms with Gasteiger partial charge in [-0.25, -0.2) is 4.79 Å². The first-order valence-electron chi connectivity index (χ1n) is 8.67. The van der Waals surface area contributed by atoms with E-state index in [0.29, 0.717) is 10.8 Å². The third kappa shape index (κ3) is 4.86. The maximum absolute atomic E-state index is 12.6. The van der Waals surface area contributed by atoms with Crippen LogP contribution in [0, 0.1) is 0 Å². The SMILES string of the molecule is COc1ccc(COc2c(NC(=O)c3ccccc3Cl)cccc2C(=O)O)cc1. The monoisotopic (exact) mass is 411 g/mol. The smallest absolute Gasteiger partial charge is 0.339 e. The Labute approximate surface area is 172 Å². The number of amides is 1. The molecule has 7 heteroatoms. The average Bonchev–Trinajstić information content (AvgIpc) is 2.73. The maximum atomic E-state index is 12.6. The number of hydrogen-bond donors (Lipinski definition) is 2. The number of anilines is 1. The van der Waals surface area contributed by atoms with Crippen LogP contribution >= 0.6 is 11.6 Å².